The zero-order valence-electron chi connectivity index (χ0n) is 8.44. The molecule has 0 unspecified atom stereocenters. The summed E-state index contributed by atoms with van der Waals surface area (Å²) in [7, 11) is 1.93. The van der Waals surface area contributed by atoms with Crippen LogP contribution in [0.1, 0.15) is 5.56 Å². The van der Waals surface area contributed by atoms with Gasteiger partial charge >= 0.3 is 0 Å². The van der Waals surface area contributed by atoms with E-state index in [9.17, 15) is 0 Å². The Bertz CT molecular complexity index is 451. The zero-order valence-corrected chi connectivity index (χ0v) is 10.0. The van der Waals surface area contributed by atoms with Gasteiger partial charge in [-0.05, 0) is 25.2 Å². The van der Waals surface area contributed by atoms with E-state index in [1.807, 2.05) is 48.4 Å². The van der Waals surface area contributed by atoms with Gasteiger partial charge in [-0.3, -0.25) is 0 Å². The number of halogens is 1. The van der Waals surface area contributed by atoms with E-state index >= 15 is 0 Å². The number of rotatable bonds is 3. The number of nitrogens with one attached hydrogen (secondary N) is 1. The molecule has 0 amide bonds. The third-order valence-corrected chi connectivity index (χ3v) is 2.58. The fourth-order valence-corrected chi connectivity index (χ4v) is 1.80. The maximum Gasteiger partial charge on any atom is 0.0656 e. The quantitative estimate of drug-likeness (QED) is 0.924. The van der Waals surface area contributed by atoms with Crippen molar-refractivity contribution in [3.8, 4) is 5.69 Å². The standard InChI is InChI=1S/C11H12BrN3/c1-13-6-9-7-14-15(8-9)11-4-2-3-10(12)5-11/h2-5,7-8,13H,6H2,1H3. The molecule has 1 heterocycles. The molecule has 2 aromatic rings. The highest BCUT2D eigenvalue weighted by atomic mass is 79.9. The summed E-state index contributed by atoms with van der Waals surface area (Å²) in [5.74, 6) is 0. The summed E-state index contributed by atoms with van der Waals surface area (Å²) in [5.41, 5.74) is 2.24. The van der Waals surface area contributed by atoms with Crippen LogP contribution in [0.2, 0.25) is 0 Å². The zero-order chi connectivity index (χ0) is 10.7. The first kappa shape index (κ1) is 10.4. The molecule has 0 atom stereocenters. The van der Waals surface area contributed by atoms with Crippen LogP contribution >= 0.6 is 15.9 Å². The van der Waals surface area contributed by atoms with Crippen molar-refractivity contribution in [2.75, 3.05) is 7.05 Å². The highest BCUT2D eigenvalue weighted by Gasteiger charge is 2.00. The van der Waals surface area contributed by atoms with Crippen LogP contribution in [0.5, 0.6) is 0 Å². The Kier molecular flexibility index (Phi) is 3.18. The van der Waals surface area contributed by atoms with Crippen molar-refractivity contribution in [3.63, 3.8) is 0 Å². The molecule has 1 aromatic heterocycles. The highest BCUT2D eigenvalue weighted by molar-refractivity contribution is 9.10. The molecule has 15 heavy (non-hydrogen) atoms. The van der Waals surface area contributed by atoms with Crippen LogP contribution in [-0.2, 0) is 6.54 Å². The van der Waals surface area contributed by atoms with Crippen molar-refractivity contribution >= 4 is 15.9 Å². The minimum atomic E-state index is 0.841. The highest BCUT2D eigenvalue weighted by Crippen LogP contribution is 2.15. The lowest BCUT2D eigenvalue weighted by atomic mass is 10.3. The van der Waals surface area contributed by atoms with Crippen LogP contribution in [0.4, 0.5) is 0 Å². The normalized spacial score (nSPS) is 10.5. The predicted octanol–water partition coefficient (Wildman–Crippen LogP) is 2.35. The number of nitrogens with zero attached hydrogens (tertiary/aromatic N) is 2. The molecular formula is C11H12BrN3. The van der Waals surface area contributed by atoms with Gasteiger partial charge in [-0.25, -0.2) is 4.68 Å². The molecule has 0 fully saturated rings. The number of benzene rings is 1. The summed E-state index contributed by atoms with van der Waals surface area (Å²) in [6.45, 7) is 0.841. The van der Waals surface area contributed by atoms with Gasteiger partial charge < -0.3 is 5.32 Å². The summed E-state index contributed by atoms with van der Waals surface area (Å²) < 4.78 is 2.93. The van der Waals surface area contributed by atoms with Gasteiger partial charge in [0, 0.05) is 22.8 Å². The first-order valence-corrected chi connectivity index (χ1v) is 5.53. The van der Waals surface area contributed by atoms with Crippen LogP contribution in [0.15, 0.2) is 41.1 Å². The van der Waals surface area contributed by atoms with Gasteiger partial charge in [0.25, 0.3) is 0 Å². The van der Waals surface area contributed by atoms with Gasteiger partial charge in [-0.1, -0.05) is 22.0 Å². The first-order valence-electron chi connectivity index (χ1n) is 4.73. The summed E-state index contributed by atoms with van der Waals surface area (Å²) >= 11 is 3.44. The minimum absolute atomic E-state index is 0.841. The van der Waals surface area contributed by atoms with E-state index in [4.69, 9.17) is 0 Å². The lowest BCUT2D eigenvalue weighted by molar-refractivity contribution is 0.816. The van der Waals surface area contributed by atoms with Gasteiger partial charge in [0.05, 0.1) is 11.9 Å². The van der Waals surface area contributed by atoms with E-state index < -0.39 is 0 Å². The molecule has 3 nitrogen and oxygen atoms in total. The fraction of sp³-hybridized carbons (Fsp3) is 0.182. The van der Waals surface area contributed by atoms with Crippen LogP contribution in [0, 0.1) is 0 Å². The fourth-order valence-electron chi connectivity index (χ4n) is 1.42. The minimum Gasteiger partial charge on any atom is -0.316 e. The van der Waals surface area contributed by atoms with Gasteiger partial charge in [-0.2, -0.15) is 5.10 Å². The third-order valence-electron chi connectivity index (χ3n) is 2.09. The number of aromatic nitrogens is 2. The average Bonchev–Trinajstić information content (AvgIpc) is 2.67. The van der Waals surface area contributed by atoms with Crippen molar-refractivity contribution in [2.24, 2.45) is 0 Å². The molecular weight excluding hydrogens is 254 g/mol. The summed E-state index contributed by atoms with van der Waals surface area (Å²) in [6.07, 6.45) is 3.90. The van der Waals surface area contributed by atoms with Crippen LogP contribution in [-0.4, -0.2) is 16.8 Å². The molecule has 2 rings (SSSR count). The van der Waals surface area contributed by atoms with Crippen molar-refractivity contribution in [1.82, 2.24) is 15.1 Å². The van der Waals surface area contributed by atoms with E-state index in [0.29, 0.717) is 0 Å². The molecule has 0 bridgehead atoms. The second-order valence-corrected chi connectivity index (χ2v) is 4.22. The lowest BCUT2D eigenvalue weighted by Gasteiger charge is -2.00. The van der Waals surface area contributed by atoms with Crippen LogP contribution in [0.25, 0.3) is 5.69 Å². The second kappa shape index (κ2) is 4.59. The van der Waals surface area contributed by atoms with Crippen molar-refractivity contribution in [2.45, 2.75) is 6.54 Å². The Balaban J connectivity index is 2.29. The van der Waals surface area contributed by atoms with Gasteiger partial charge in [-0.15, -0.1) is 0 Å². The Labute approximate surface area is 97.2 Å². The van der Waals surface area contributed by atoms with E-state index in [2.05, 4.69) is 26.3 Å². The molecule has 0 aliphatic rings. The molecule has 0 saturated heterocycles. The molecule has 4 heteroatoms. The Hall–Kier alpha value is -1.13. The molecule has 0 spiro atoms. The monoisotopic (exact) mass is 265 g/mol. The number of hydrogen-bond donors (Lipinski definition) is 1. The first-order chi connectivity index (χ1) is 7.29. The van der Waals surface area contributed by atoms with Gasteiger partial charge in [0.2, 0.25) is 0 Å². The van der Waals surface area contributed by atoms with Crippen LogP contribution < -0.4 is 5.32 Å². The Morgan fingerprint density at radius 3 is 3.07 bits per heavy atom. The second-order valence-electron chi connectivity index (χ2n) is 3.30. The summed E-state index contributed by atoms with van der Waals surface area (Å²) in [6, 6.07) is 8.07. The van der Waals surface area contributed by atoms with Gasteiger partial charge in [0.1, 0.15) is 0 Å². The van der Waals surface area contributed by atoms with Crippen molar-refractivity contribution in [3.05, 3.63) is 46.7 Å². The molecule has 0 saturated carbocycles. The average molecular weight is 266 g/mol. The third kappa shape index (κ3) is 2.46. The lowest BCUT2D eigenvalue weighted by Crippen LogP contribution is -2.03. The molecule has 1 N–H and O–H groups in total. The van der Waals surface area contributed by atoms with Crippen molar-refractivity contribution in [1.29, 1.82) is 0 Å². The van der Waals surface area contributed by atoms with E-state index in [1.165, 1.54) is 5.56 Å². The molecule has 0 aliphatic heterocycles. The summed E-state index contributed by atoms with van der Waals surface area (Å²) in [5, 5.41) is 7.40. The van der Waals surface area contributed by atoms with E-state index in [0.717, 1.165) is 16.7 Å². The van der Waals surface area contributed by atoms with Crippen molar-refractivity contribution < 1.29 is 0 Å². The van der Waals surface area contributed by atoms with Crippen LogP contribution in [0.3, 0.4) is 0 Å². The smallest absolute Gasteiger partial charge is 0.0656 e. The molecule has 0 aliphatic carbocycles. The Morgan fingerprint density at radius 1 is 1.47 bits per heavy atom. The largest absolute Gasteiger partial charge is 0.316 e. The predicted molar refractivity (Wildman–Crippen MR) is 64.0 cm³/mol. The molecule has 78 valence electrons. The maximum atomic E-state index is 4.30. The maximum absolute atomic E-state index is 4.30. The topological polar surface area (TPSA) is 29.9 Å². The Morgan fingerprint density at radius 2 is 2.33 bits per heavy atom. The molecule has 0 radical (unpaired) electrons. The SMILES string of the molecule is CNCc1cnn(-c2cccc(Br)c2)c1. The number of hydrogen-bond acceptors (Lipinski definition) is 2. The molecule has 1 aromatic carbocycles. The van der Waals surface area contributed by atoms with E-state index in [1.54, 1.807) is 0 Å². The van der Waals surface area contributed by atoms with Gasteiger partial charge in [0.15, 0.2) is 0 Å². The summed E-state index contributed by atoms with van der Waals surface area (Å²) in [4.78, 5) is 0. The van der Waals surface area contributed by atoms with E-state index in [-0.39, 0.29) is 0 Å².